The normalized spacial score (nSPS) is 10.9. The van der Waals surface area contributed by atoms with Crippen molar-refractivity contribution in [3.63, 3.8) is 0 Å². The van der Waals surface area contributed by atoms with Crippen molar-refractivity contribution >= 4 is 23.3 Å². The first-order chi connectivity index (χ1) is 9.73. The molecule has 0 aliphatic carbocycles. The van der Waals surface area contributed by atoms with Gasteiger partial charge in [0.05, 0.1) is 18.7 Å². The highest BCUT2D eigenvalue weighted by atomic mass is 16.5. The van der Waals surface area contributed by atoms with E-state index in [1.54, 1.807) is 25.1 Å². The summed E-state index contributed by atoms with van der Waals surface area (Å²) in [5.41, 5.74) is 6.74. The third-order valence-electron chi connectivity index (χ3n) is 2.52. The molecule has 0 fully saturated rings. The number of amides is 1. The Balaban J connectivity index is 2.70. The smallest absolute Gasteiger partial charge is 0.340 e. The Morgan fingerprint density at radius 3 is 2.52 bits per heavy atom. The number of nitrogens with two attached hydrogens (primary N) is 1. The highest BCUT2D eigenvalue weighted by Gasteiger charge is 2.14. The van der Waals surface area contributed by atoms with Gasteiger partial charge in [-0.25, -0.2) is 4.79 Å². The van der Waals surface area contributed by atoms with Crippen molar-refractivity contribution in [3.05, 3.63) is 23.8 Å². The minimum Gasteiger partial charge on any atom is -0.462 e. The van der Waals surface area contributed by atoms with Crippen molar-refractivity contribution < 1.29 is 14.3 Å². The zero-order chi connectivity index (χ0) is 16.0. The molecule has 0 heterocycles. The van der Waals surface area contributed by atoms with E-state index in [-0.39, 0.29) is 30.2 Å². The lowest BCUT2D eigenvalue weighted by molar-refractivity contribution is -0.120. The molecule has 21 heavy (non-hydrogen) atoms. The molecule has 0 atom stereocenters. The van der Waals surface area contributed by atoms with E-state index in [9.17, 15) is 9.59 Å². The molecule has 0 bridgehead atoms. The summed E-state index contributed by atoms with van der Waals surface area (Å²) >= 11 is 0. The van der Waals surface area contributed by atoms with E-state index in [1.807, 2.05) is 20.8 Å². The van der Waals surface area contributed by atoms with Crippen LogP contribution in [0, 0.1) is 0 Å². The first kappa shape index (κ1) is 16.8. The lowest BCUT2D eigenvalue weighted by atomic mass is 10.1. The van der Waals surface area contributed by atoms with Crippen LogP contribution in [0.3, 0.4) is 0 Å². The Labute approximate surface area is 125 Å². The van der Waals surface area contributed by atoms with Gasteiger partial charge in [0, 0.05) is 16.9 Å². The SMILES string of the molecule is CCOC(=O)c1cc(NCC(=O)NC(C)(C)C)ccc1N. The molecule has 1 amide bonds. The molecule has 0 unspecified atom stereocenters. The van der Waals surface area contributed by atoms with Crippen molar-refractivity contribution in [3.8, 4) is 0 Å². The summed E-state index contributed by atoms with van der Waals surface area (Å²) in [4.78, 5) is 23.5. The van der Waals surface area contributed by atoms with Crippen LogP contribution in [0.4, 0.5) is 11.4 Å². The third kappa shape index (κ3) is 5.72. The molecular weight excluding hydrogens is 270 g/mol. The fourth-order valence-electron chi connectivity index (χ4n) is 1.70. The highest BCUT2D eigenvalue weighted by molar-refractivity contribution is 5.96. The number of carbonyl (C=O) groups excluding carboxylic acids is 2. The summed E-state index contributed by atoms with van der Waals surface area (Å²) < 4.78 is 4.93. The van der Waals surface area contributed by atoms with Crippen molar-refractivity contribution in [2.45, 2.75) is 33.2 Å². The molecule has 4 N–H and O–H groups in total. The van der Waals surface area contributed by atoms with Crippen LogP contribution < -0.4 is 16.4 Å². The maximum Gasteiger partial charge on any atom is 0.340 e. The quantitative estimate of drug-likeness (QED) is 0.568. The summed E-state index contributed by atoms with van der Waals surface area (Å²) in [6.07, 6.45) is 0. The molecule has 1 rings (SSSR count). The van der Waals surface area contributed by atoms with E-state index in [0.29, 0.717) is 11.4 Å². The van der Waals surface area contributed by atoms with E-state index in [2.05, 4.69) is 10.6 Å². The van der Waals surface area contributed by atoms with Gasteiger partial charge in [-0.05, 0) is 45.9 Å². The van der Waals surface area contributed by atoms with Crippen LogP contribution in [-0.4, -0.2) is 30.6 Å². The zero-order valence-corrected chi connectivity index (χ0v) is 12.9. The van der Waals surface area contributed by atoms with Crippen molar-refractivity contribution in [2.75, 3.05) is 24.2 Å². The first-order valence-corrected chi connectivity index (χ1v) is 6.84. The fraction of sp³-hybridized carbons (Fsp3) is 0.467. The number of hydrogen-bond donors (Lipinski definition) is 3. The topological polar surface area (TPSA) is 93.4 Å². The summed E-state index contributed by atoms with van der Waals surface area (Å²) in [5, 5.41) is 5.80. The maximum absolute atomic E-state index is 11.7. The number of hydrogen-bond acceptors (Lipinski definition) is 5. The molecule has 0 aliphatic rings. The van der Waals surface area contributed by atoms with Gasteiger partial charge in [0.2, 0.25) is 5.91 Å². The van der Waals surface area contributed by atoms with Gasteiger partial charge < -0.3 is 21.1 Å². The van der Waals surface area contributed by atoms with E-state index in [4.69, 9.17) is 10.5 Å². The number of nitrogens with one attached hydrogen (secondary N) is 2. The Bertz CT molecular complexity index is 521. The van der Waals surface area contributed by atoms with Gasteiger partial charge in [-0.3, -0.25) is 4.79 Å². The number of nitrogen functional groups attached to an aromatic ring is 1. The first-order valence-electron chi connectivity index (χ1n) is 6.84. The van der Waals surface area contributed by atoms with E-state index < -0.39 is 5.97 Å². The third-order valence-corrected chi connectivity index (χ3v) is 2.52. The molecule has 6 heteroatoms. The number of carbonyl (C=O) groups is 2. The van der Waals surface area contributed by atoms with Crippen LogP contribution in [-0.2, 0) is 9.53 Å². The number of ether oxygens (including phenoxy) is 1. The molecule has 1 aromatic carbocycles. The van der Waals surface area contributed by atoms with Gasteiger partial charge in [-0.1, -0.05) is 0 Å². The lowest BCUT2D eigenvalue weighted by Gasteiger charge is -2.20. The Morgan fingerprint density at radius 1 is 1.29 bits per heavy atom. The van der Waals surface area contributed by atoms with Gasteiger partial charge in [-0.2, -0.15) is 0 Å². The van der Waals surface area contributed by atoms with Gasteiger partial charge in [0.1, 0.15) is 0 Å². The van der Waals surface area contributed by atoms with Crippen LogP contribution in [0.5, 0.6) is 0 Å². The average molecular weight is 293 g/mol. The molecule has 0 aliphatic heterocycles. The maximum atomic E-state index is 11.7. The second-order valence-corrected chi connectivity index (χ2v) is 5.67. The van der Waals surface area contributed by atoms with Gasteiger partial charge in [0.25, 0.3) is 0 Å². The minimum absolute atomic E-state index is 0.115. The summed E-state index contributed by atoms with van der Waals surface area (Å²) in [5.74, 6) is -0.602. The fourth-order valence-corrected chi connectivity index (χ4v) is 1.70. The molecule has 0 saturated heterocycles. The predicted molar refractivity (Wildman–Crippen MR) is 83.2 cm³/mol. The highest BCUT2D eigenvalue weighted by Crippen LogP contribution is 2.18. The molecule has 0 spiro atoms. The molecule has 0 saturated carbocycles. The molecule has 0 aromatic heterocycles. The Morgan fingerprint density at radius 2 is 1.95 bits per heavy atom. The van der Waals surface area contributed by atoms with Gasteiger partial charge in [0.15, 0.2) is 0 Å². The van der Waals surface area contributed by atoms with Crippen molar-refractivity contribution in [2.24, 2.45) is 0 Å². The standard InChI is InChI=1S/C15H23N3O3/c1-5-21-14(20)11-8-10(6-7-12(11)16)17-9-13(19)18-15(2,3)4/h6-8,17H,5,9,16H2,1-4H3,(H,18,19). The van der Waals surface area contributed by atoms with Crippen LogP contribution in [0.15, 0.2) is 18.2 Å². The second kappa shape index (κ2) is 6.97. The van der Waals surface area contributed by atoms with E-state index in [0.717, 1.165) is 0 Å². The minimum atomic E-state index is -0.474. The second-order valence-electron chi connectivity index (χ2n) is 5.67. The molecule has 0 radical (unpaired) electrons. The molecular formula is C15H23N3O3. The summed E-state index contributed by atoms with van der Waals surface area (Å²) in [6.45, 7) is 7.85. The molecule has 116 valence electrons. The zero-order valence-electron chi connectivity index (χ0n) is 12.9. The van der Waals surface area contributed by atoms with Crippen molar-refractivity contribution in [1.29, 1.82) is 0 Å². The lowest BCUT2D eigenvalue weighted by Crippen LogP contribution is -2.43. The predicted octanol–water partition coefficient (Wildman–Crippen LogP) is 1.77. The van der Waals surface area contributed by atoms with Crippen LogP contribution >= 0.6 is 0 Å². The van der Waals surface area contributed by atoms with Gasteiger partial charge >= 0.3 is 5.97 Å². The number of esters is 1. The van der Waals surface area contributed by atoms with Crippen LogP contribution in [0.25, 0.3) is 0 Å². The largest absolute Gasteiger partial charge is 0.462 e. The Kier molecular flexibility index (Phi) is 5.58. The monoisotopic (exact) mass is 293 g/mol. The summed E-state index contributed by atoms with van der Waals surface area (Å²) in [6, 6.07) is 4.90. The molecule has 6 nitrogen and oxygen atoms in total. The van der Waals surface area contributed by atoms with E-state index in [1.165, 1.54) is 0 Å². The summed E-state index contributed by atoms with van der Waals surface area (Å²) in [7, 11) is 0. The van der Waals surface area contributed by atoms with Crippen LogP contribution in [0.1, 0.15) is 38.1 Å². The molecule has 1 aromatic rings. The Hall–Kier alpha value is -2.24. The number of rotatable bonds is 5. The number of benzene rings is 1. The van der Waals surface area contributed by atoms with Gasteiger partial charge in [-0.15, -0.1) is 0 Å². The van der Waals surface area contributed by atoms with Crippen LogP contribution in [0.2, 0.25) is 0 Å². The average Bonchev–Trinajstić information content (AvgIpc) is 2.36. The number of anilines is 2. The van der Waals surface area contributed by atoms with Crippen molar-refractivity contribution in [1.82, 2.24) is 5.32 Å². The van der Waals surface area contributed by atoms with E-state index >= 15 is 0 Å².